The monoisotopic (exact) mass is 392 g/mol. The molecule has 1 N–H and O–H groups in total. The lowest BCUT2D eigenvalue weighted by atomic mass is 9.73. The maximum absolute atomic E-state index is 12.6. The van der Waals surface area contributed by atoms with Crippen LogP contribution in [0.5, 0.6) is 0 Å². The molecule has 150 valence electrons. The van der Waals surface area contributed by atoms with Gasteiger partial charge in [-0.2, -0.15) is 11.8 Å². The van der Waals surface area contributed by atoms with Crippen LogP contribution in [0.15, 0.2) is 24.3 Å². The van der Waals surface area contributed by atoms with Crippen LogP contribution in [0.4, 0.5) is 10.5 Å². The largest absolute Gasteiger partial charge is 0.465 e. The second-order valence-electron chi connectivity index (χ2n) is 8.76. The molecule has 1 aliphatic rings. The first-order valence-electron chi connectivity index (χ1n) is 9.38. The average Bonchev–Trinajstić information content (AvgIpc) is 2.55. The lowest BCUT2D eigenvalue weighted by Crippen LogP contribution is -2.62. The molecule has 0 radical (unpaired) electrons. The number of hydrogen-bond acceptors (Lipinski definition) is 3. The lowest BCUT2D eigenvalue weighted by molar-refractivity contribution is -0.118. The predicted octanol–water partition coefficient (Wildman–Crippen LogP) is 4.85. The zero-order valence-corrected chi connectivity index (χ0v) is 18.1. The first-order valence-corrected chi connectivity index (χ1v) is 10.8. The van der Waals surface area contributed by atoms with Crippen molar-refractivity contribution in [1.82, 2.24) is 4.90 Å². The maximum Gasteiger partial charge on any atom is 0.407 e. The minimum atomic E-state index is -0.882. The van der Waals surface area contributed by atoms with Crippen molar-refractivity contribution in [3.05, 3.63) is 29.8 Å². The number of carboxylic acid groups (broad SMARTS) is 1. The standard InChI is InChI=1S/C21H32N2O3S/c1-15(24)23(17-9-7-16(8-10-17)14-27-6)21(5)11-12-22(19(25)26)18(13-21)20(2,3)4/h7-10,18H,11-14H2,1-6H3,(H,25,26). The molecule has 2 unspecified atom stereocenters. The molecule has 27 heavy (non-hydrogen) atoms. The summed E-state index contributed by atoms with van der Waals surface area (Å²) in [7, 11) is 0. The molecule has 6 heteroatoms. The van der Waals surface area contributed by atoms with Gasteiger partial charge in [0.05, 0.1) is 0 Å². The highest BCUT2D eigenvalue weighted by molar-refractivity contribution is 7.97. The van der Waals surface area contributed by atoms with Gasteiger partial charge >= 0.3 is 6.09 Å². The zero-order chi connectivity index (χ0) is 20.4. The number of rotatable bonds is 4. The molecule has 1 aromatic rings. The molecule has 1 aliphatic heterocycles. The summed E-state index contributed by atoms with van der Waals surface area (Å²) in [6.07, 6.45) is 2.43. The molecular weight excluding hydrogens is 360 g/mol. The van der Waals surface area contributed by atoms with Gasteiger partial charge in [0.2, 0.25) is 5.91 Å². The summed E-state index contributed by atoms with van der Waals surface area (Å²) in [5.41, 5.74) is 1.49. The summed E-state index contributed by atoms with van der Waals surface area (Å²) in [6.45, 7) is 10.3. The van der Waals surface area contributed by atoms with E-state index in [1.165, 1.54) is 5.56 Å². The number of amides is 2. The van der Waals surface area contributed by atoms with Gasteiger partial charge in [0.15, 0.2) is 0 Å². The first kappa shape index (κ1) is 21.6. The van der Waals surface area contributed by atoms with Gasteiger partial charge < -0.3 is 14.9 Å². The second-order valence-corrected chi connectivity index (χ2v) is 9.63. The van der Waals surface area contributed by atoms with E-state index in [-0.39, 0.29) is 17.4 Å². The van der Waals surface area contributed by atoms with Crippen LogP contribution < -0.4 is 4.90 Å². The van der Waals surface area contributed by atoms with E-state index in [0.717, 1.165) is 11.4 Å². The minimum Gasteiger partial charge on any atom is -0.465 e. The Bertz CT molecular complexity index is 684. The summed E-state index contributed by atoms with van der Waals surface area (Å²) in [5, 5.41) is 9.63. The van der Waals surface area contributed by atoms with Crippen LogP contribution in [0.3, 0.4) is 0 Å². The molecule has 1 fully saturated rings. The smallest absolute Gasteiger partial charge is 0.407 e. The van der Waals surface area contributed by atoms with Crippen LogP contribution in [-0.2, 0) is 10.5 Å². The van der Waals surface area contributed by atoms with Crippen molar-refractivity contribution >= 4 is 29.4 Å². The van der Waals surface area contributed by atoms with Gasteiger partial charge in [-0.3, -0.25) is 4.79 Å². The molecule has 5 nitrogen and oxygen atoms in total. The van der Waals surface area contributed by atoms with Gasteiger partial charge in [-0.05, 0) is 49.1 Å². The normalized spacial score (nSPS) is 23.2. The average molecular weight is 393 g/mol. The second kappa shape index (κ2) is 8.13. The summed E-state index contributed by atoms with van der Waals surface area (Å²) in [6, 6.07) is 8.01. The van der Waals surface area contributed by atoms with Crippen molar-refractivity contribution in [2.75, 3.05) is 17.7 Å². The van der Waals surface area contributed by atoms with Gasteiger partial charge in [-0.15, -0.1) is 0 Å². The number of carbonyl (C=O) groups is 2. The summed E-state index contributed by atoms with van der Waals surface area (Å²) in [4.78, 5) is 27.8. The van der Waals surface area contributed by atoms with Gasteiger partial charge in [0.1, 0.15) is 0 Å². The lowest BCUT2D eigenvalue weighted by Gasteiger charge is -2.52. The number of piperidine rings is 1. The fourth-order valence-corrected chi connectivity index (χ4v) is 4.66. The van der Waals surface area contributed by atoms with E-state index in [4.69, 9.17) is 0 Å². The highest BCUT2D eigenvalue weighted by Crippen LogP contribution is 2.41. The molecule has 2 rings (SSSR count). The van der Waals surface area contributed by atoms with Crippen LogP contribution in [0.2, 0.25) is 0 Å². The molecule has 0 bridgehead atoms. The van der Waals surface area contributed by atoms with Gasteiger partial charge in [0.25, 0.3) is 0 Å². The van der Waals surface area contributed by atoms with Gasteiger partial charge in [-0.1, -0.05) is 32.9 Å². The van der Waals surface area contributed by atoms with Crippen molar-refractivity contribution in [2.24, 2.45) is 5.41 Å². The number of nitrogens with zero attached hydrogens (tertiary/aromatic N) is 2. The quantitative estimate of drug-likeness (QED) is 0.796. The van der Waals surface area contributed by atoms with Crippen LogP contribution in [0, 0.1) is 5.41 Å². The van der Waals surface area contributed by atoms with E-state index in [9.17, 15) is 14.7 Å². The van der Waals surface area contributed by atoms with Crippen LogP contribution in [0.25, 0.3) is 0 Å². The Morgan fingerprint density at radius 2 is 1.89 bits per heavy atom. The van der Waals surface area contributed by atoms with Crippen molar-refractivity contribution in [3.8, 4) is 0 Å². The zero-order valence-electron chi connectivity index (χ0n) is 17.3. The number of likely N-dealkylation sites (tertiary alicyclic amines) is 1. The fraction of sp³-hybridized carbons (Fsp3) is 0.619. The Balaban J connectivity index is 2.38. The van der Waals surface area contributed by atoms with Crippen LogP contribution in [-0.4, -0.2) is 46.4 Å². The van der Waals surface area contributed by atoms with E-state index in [1.54, 1.807) is 23.6 Å². The molecule has 0 saturated carbocycles. The third-order valence-corrected chi connectivity index (χ3v) is 6.13. The van der Waals surface area contributed by atoms with E-state index < -0.39 is 11.6 Å². The number of benzene rings is 1. The predicted molar refractivity (Wildman–Crippen MR) is 112 cm³/mol. The van der Waals surface area contributed by atoms with Gasteiger partial charge in [-0.25, -0.2) is 4.79 Å². The van der Waals surface area contributed by atoms with Crippen molar-refractivity contribution < 1.29 is 14.7 Å². The third kappa shape index (κ3) is 4.78. The van der Waals surface area contributed by atoms with Crippen LogP contribution >= 0.6 is 11.8 Å². The molecule has 2 atom stereocenters. The molecule has 0 aliphatic carbocycles. The summed E-state index contributed by atoms with van der Waals surface area (Å²) in [5.74, 6) is 0.934. The van der Waals surface area contributed by atoms with E-state index in [1.807, 2.05) is 17.0 Å². The molecular formula is C21H32N2O3S. The topological polar surface area (TPSA) is 60.9 Å². The number of hydrogen-bond donors (Lipinski definition) is 1. The molecule has 0 spiro atoms. The first-order chi connectivity index (χ1) is 12.5. The Morgan fingerprint density at radius 3 is 2.33 bits per heavy atom. The number of anilines is 1. The Hall–Kier alpha value is -1.69. The molecule has 0 aromatic heterocycles. The van der Waals surface area contributed by atoms with Crippen molar-refractivity contribution in [1.29, 1.82) is 0 Å². The van der Waals surface area contributed by atoms with Gasteiger partial charge in [0, 0.05) is 36.5 Å². The third-order valence-electron chi connectivity index (χ3n) is 5.51. The molecule has 1 aromatic carbocycles. The highest BCUT2D eigenvalue weighted by Gasteiger charge is 2.47. The van der Waals surface area contributed by atoms with E-state index >= 15 is 0 Å². The Kier molecular flexibility index (Phi) is 6.51. The van der Waals surface area contributed by atoms with Crippen LogP contribution in [0.1, 0.15) is 53.0 Å². The Labute approximate surface area is 167 Å². The molecule has 2 amide bonds. The molecule has 1 heterocycles. The summed E-state index contributed by atoms with van der Waals surface area (Å²) < 4.78 is 0. The maximum atomic E-state index is 12.6. The minimum absolute atomic E-state index is 0.00782. The number of thioether (sulfide) groups is 1. The van der Waals surface area contributed by atoms with E-state index in [2.05, 4.69) is 46.1 Å². The highest BCUT2D eigenvalue weighted by atomic mass is 32.2. The Morgan fingerprint density at radius 1 is 1.30 bits per heavy atom. The SMILES string of the molecule is CSCc1ccc(N(C(C)=O)C2(C)CCN(C(=O)O)C(C(C)(C)C)C2)cc1. The van der Waals surface area contributed by atoms with Crippen molar-refractivity contribution in [3.63, 3.8) is 0 Å². The van der Waals surface area contributed by atoms with E-state index in [0.29, 0.717) is 19.4 Å². The van der Waals surface area contributed by atoms with Crippen molar-refractivity contribution in [2.45, 2.75) is 64.8 Å². The number of carbonyl (C=O) groups excluding carboxylic acids is 1. The summed E-state index contributed by atoms with van der Waals surface area (Å²) >= 11 is 1.77. The molecule has 1 saturated heterocycles. The fourth-order valence-electron chi connectivity index (χ4n) is 4.13.